The molecule has 0 heteroatoms. The van der Waals surface area contributed by atoms with Crippen molar-refractivity contribution in [2.75, 3.05) is 0 Å². The van der Waals surface area contributed by atoms with E-state index in [1.54, 1.807) is 0 Å². The van der Waals surface area contributed by atoms with Crippen molar-refractivity contribution in [1.82, 2.24) is 0 Å². The average Bonchev–Trinajstić information content (AvgIpc) is 2.70. The summed E-state index contributed by atoms with van der Waals surface area (Å²) in [5.74, 6) is 5.36. The van der Waals surface area contributed by atoms with Crippen LogP contribution >= 0.6 is 0 Å². The Kier molecular flexibility index (Phi) is 54.8. The summed E-state index contributed by atoms with van der Waals surface area (Å²) in [6.45, 7) is 15.6. The van der Waals surface area contributed by atoms with E-state index in [4.69, 9.17) is 0 Å². The van der Waals surface area contributed by atoms with Crippen LogP contribution in [0.15, 0.2) is 72.8 Å². The quantitative estimate of drug-likeness (QED) is 0.442. The minimum absolute atomic E-state index is 1.82. The molecule has 0 aliphatic carbocycles. The lowest BCUT2D eigenvalue weighted by molar-refractivity contribution is 1.50. The first-order chi connectivity index (χ1) is 10.9. The predicted molar refractivity (Wildman–Crippen MR) is 106 cm³/mol. The lowest BCUT2D eigenvalue weighted by atomic mass is 10.4. The van der Waals surface area contributed by atoms with Crippen LogP contribution in [0.3, 0.4) is 0 Å². The Hall–Kier alpha value is -2.00. The van der Waals surface area contributed by atoms with Crippen molar-refractivity contribution in [2.24, 2.45) is 0 Å². The molecule has 0 amide bonds. The van der Waals surface area contributed by atoms with Crippen LogP contribution in [-0.2, 0) is 0 Å². The van der Waals surface area contributed by atoms with Gasteiger partial charge in [-0.1, -0.05) is 114 Å². The SMILES string of the molecule is CC.CC.CC.CC#CC.c1ccccc1.c1ccccc1. The van der Waals surface area contributed by atoms with Crippen molar-refractivity contribution in [3.63, 3.8) is 0 Å². The number of benzene rings is 2. The summed E-state index contributed by atoms with van der Waals surface area (Å²) in [6.07, 6.45) is 0. The lowest BCUT2D eigenvalue weighted by Gasteiger charge is -1.69. The molecule has 0 aliphatic rings. The third kappa shape index (κ3) is 43.0. The Morgan fingerprint density at radius 1 is 0.318 bits per heavy atom. The van der Waals surface area contributed by atoms with Crippen LogP contribution in [0.1, 0.15) is 55.4 Å². The molecule has 124 valence electrons. The van der Waals surface area contributed by atoms with Gasteiger partial charge < -0.3 is 0 Å². The van der Waals surface area contributed by atoms with Gasteiger partial charge in [-0.05, 0) is 13.8 Å². The fourth-order valence-corrected chi connectivity index (χ4v) is 0.770. The monoisotopic (exact) mass is 300 g/mol. The fraction of sp³-hybridized carbons (Fsp3) is 0.364. The topological polar surface area (TPSA) is 0 Å². The summed E-state index contributed by atoms with van der Waals surface area (Å²) in [4.78, 5) is 0. The highest BCUT2D eigenvalue weighted by Crippen LogP contribution is 1.80. The third-order valence-electron chi connectivity index (χ3n) is 1.58. The number of rotatable bonds is 0. The van der Waals surface area contributed by atoms with Crippen molar-refractivity contribution >= 4 is 0 Å². The highest BCUT2D eigenvalue weighted by Gasteiger charge is 1.58. The molecule has 0 spiro atoms. The molecule has 0 nitrogen and oxygen atoms in total. The van der Waals surface area contributed by atoms with Gasteiger partial charge in [-0.15, -0.1) is 11.8 Å². The van der Waals surface area contributed by atoms with Crippen LogP contribution in [0.25, 0.3) is 0 Å². The number of hydrogen-bond donors (Lipinski definition) is 0. The standard InChI is InChI=1S/2C6H6.C4H6.3C2H6/c2*1-2-4-6-5-3-1;1-3-4-2;3*1-2/h2*1-6H;1-2H3;3*1-2H3. The van der Waals surface area contributed by atoms with E-state index in [1.165, 1.54) is 0 Å². The molecule has 0 saturated carbocycles. The molecule has 0 aliphatic heterocycles. The molecule has 0 aromatic heterocycles. The summed E-state index contributed by atoms with van der Waals surface area (Å²) < 4.78 is 0. The van der Waals surface area contributed by atoms with Crippen LogP contribution in [0.5, 0.6) is 0 Å². The lowest BCUT2D eigenvalue weighted by Crippen LogP contribution is -1.47. The number of hydrogen-bond acceptors (Lipinski definition) is 0. The zero-order valence-electron chi connectivity index (χ0n) is 15.9. The Morgan fingerprint density at radius 2 is 0.409 bits per heavy atom. The molecule has 0 bridgehead atoms. The Morgan fingerprint density at radius 3 is 0.455 bits per heavy atom. The maximum atomic E-state index is 2.68. The Bertz CT molecular complexity index is 274. The van der Waals surface area contributed by atoms with E-state index in [0.29, 0.717) is 0 Å². The van der Waals surface area contributed by atoms with Crippen LogP contribution < -0.4 is 0 Å². The predicted octanol–water partition coefficient (Wildman–Crippen LogP) is 7.48. The van der Waals surface area contributed by atoms with Gasteiger partial charge in [0.25, 0.3) is 0 Å². The first-order valence-corrected chi connectivity index (χ1v) is 8.25. The summed E-state index contributed by atoms with van der Waals surface area (Å²) in [5, 5.41) is 0. The molecule has 0 radical (unpaired) electrons. The van der Waals surface area contributed by atoms with Crippen LogP contribution in [0, 0.1) is 11.8 Å². The Labute approximate surface area is 140 Å². The molecular weight excluding hydrogens is 264 g/mol. The van der Waals surface area contributed by atoms with Crippen LogP contribution in [0.4, 0.5) is 0 Å². The largest absolute Gasteiger partial charge is 0.107 e. The van der Waals surface area contributed by atoms with Crippen molar-refractivity contribution in [2.45, 2.75) is 55.4 Å². The molecule has 0 atom stereocenters. The molecule has 0 saturated heterocycles. The minimum Gasteiger partial charge on any atom is -0.107 e. The van der Waals surface area contributed by atoms with Gasteiger partial charge >= 0.3 is 0 Å². The van der Waals surface area contributed by atoms with E-state index in [0.717, 1.165) is 0 Å². The molecule has 0 fully saturated rings. The van der Waals surface area contributed by atoms with Crippen LogP contribution in [-0.4, -0.2) is 0 Å². The maximum Gasteiger partial charge on any atom is -0.00271 e. The first-order valence-electron chi connectivity index (χ1n) is 8.25. The van der Waals surface area contributed by atoms with E-state index in [-0.39, 0.29) is 0 Å². The maximum absolute atomic E-state index is 2.68. The third-order valence-corrected chi connectivity index (χ3v) is 1.58. The van der Waals surface area contributed by atoms with Gasteiger partial charge in [0.05, 0.1) is 0 Å². The molecule has 22 heavy (non-hydrogen) atoms. The molecule has 2 aromatic rings. The van der Waals surface area contributed by atoms with Crippen LogP contribution in [0.2, 0.25) is 0 Å². The van der Waals surface area contributed by atoms with Gasteiger partial charge in [-0.2, -0.15) is 0 Å². The summed E-state index contributed by atoms with van der Waals surface area (Å²) >= 11 is 0. The van der Waals surface area contributed by atoms with E-state index in [2.05, 4.69) is 11.8 Å². The summed E-state index contributed by atoms with van der Waals surface area (Å²) in [5.41, 5.74) is 0. The van der Waals surface area contributed by atoms with Gasteiger partial charge in [0.15, 0.2) is 0 Å². The van der Waals surface area contributed by atoms with Crippen molar-refractivity contribution < 1.29 is 0 Å². The zero-order chi connectivity index (χ0) is 17.9. The molecule has 2 rings (SSSR count). The van der Waals surface area contributed by atoms with Crippen molar-refractivity contribution in [3.05, 3.63) is 72.8 Å². The average molecular weight is 301 g/mol. The second-order valence-electron chi connectivity index (χ2n) is 2.81. The molecule has 2 aromatic carbocycles. The molecule has 0 heterocycles. The fourth-order valence-electron chi connectivity index (χ4n) is 0.770. The van der Waals surface area contributed by atoms with Crippen molar-refractivity contribution in [3.8, 4) is 11.8 Å². The van der Waals surface area contributed by atoms with Gasteiger partial charge in [-0.25, -0.2) is 0 Å². The van der Waals surface area contributed by atoms with Gasteiger partial charge in [0.2, 0.25) is 0 Å². The summed E-state index contributed by atoms with van der Waals surface area (Å²) in [6, 6.07) is 24.0. The van der Waals surface area contributed by atoms with Crippen molar-refractivity contribution in [1.29, 1.82) is 0 Å². The molecular formula is C22H36. The zero-order valence-corrected chi connectivity index (χ0v) is 15.9. The van der Waals surface area contributed by atoms with E-state index >= 15 is 0 Å². The summed E-state index contributed by atoms with van der Waals surface area (Å²) in [7, 11) is 0. The molecule has 0 N–H and O–H groups in total. The smallest absolute Gasteiger partial charge is 0.00271 e. The highest BCUT2D eigenvalue weighted by atomic mass is 13.7. The van der Waals surface area contributed by atoms with E-state index in [9.17, 15) is 0 Å². The van der Waals surface area contributed by atoms with E-state index in [1.807, 2.05) is 128 Å². The molecule has 0 unspecified atom stereocenters. The van der Waals surface area contributed by atoms with E-state index < -0.39 is 0 Å². The second kappa shape index (κ2) is 42.8. The first kappa shape index (κ1) is 28.2. The van der Waals surface area contributed by atoms with Gasteiger partial charge in [0, 0.05) is 0 Å². The normalized spacial score (nSPS) is 5.82. The highest BCUT2D eigenvalue weighted by molar-refractivity contribution is 4.99. The second-order valence-corrected chi connectivity index (χ2v) is 2.81. The van der Waals surface area contributed by atoms with Gasteiger partial charge in [-0.3, -0.25) is 0 Å². The minimum atomic E-state index is 1.82. The Balaban J connectivity index is -0.0000000960. The van der Waals surface area contributed by atoms with Gasteiger partial charge in [0.1, 0.15) is 0 Å².